The summed E-state index contributed by atoms with van der Waals surface area (Å²) in [6.45, 7) is 9.65. The first-order valence-electron chi connectivity index (χ1n) is 7.70. The van der Waals surface area contributed by atoms with E-state index in [0.717, 1.165) is 25.6 Å². The molecule has 1 N–H and O–H groups in total. The summed E-state index contributed by atoms with van der Waals surface area (Å²) in [5.74, 6) is 0.717. The van der Waals surface area contributed by atoms with Crippen LogP contribution in [0.3, 0.4) is 0 Å². The molecule has 0 spiro atoms. The largest absolute Gasteiger partial charge is 0.384 e. The third kappa shape index (κ3) is 4.89. The highest BCUT2D eigenvalue weighted by Crippen LogP contribution is 2.19. The zero-order chi connectivity index (χ0) is 14.4. The third-order valence-electron chi connectivity index (χ3n) is 3.92. The average Bonchev–Trinajstić information content (AvgIpc) is 2.86. The van der Waals surface area contributed by atoms with Crippen LogP contribution in [0.5, 0.6) is 0 Å². The van der Waals surface area contributed by atoms with Gasteiger partial charge in [-0.1, -0.05) is 38.1 Å². The molecule has 0 aliphatic carbocycles. The highest BCUT2D eigenvalue weighted by molar-refractivity contribution is 5.22. The fourth-order valence-corrected chi connectivity index (χ4v) is 2.77. The first-order chi connectivity index (χ1) is 9.67. The van der Waals surface area contributed by atoms with Gasteiger partial charge in [0.05, 0.1) is 6.61 Å². The molecule has 2 rings (SSSR count). The third-order valence-corrected chi connectivity index (χ3v) is 3.92. The van der Waals surface area contributed by atoms with Crippen LogP contribution in [0.4, 0.5) is 0 Å². The van der Waals surface area contributed by atoms with Crippen LogP contribution >= 0.6 is 0 Å². The predicted octanol–water partition coefficient (Wildman–Crippen LogP) is 2.65. The van der Waals surface area contributed by atoms with Crippen LogP contribution in [0.25, 0.3) is 0 Å². The molecule has 1 aromatic rings. The van der Waals surface area contributed by atoms with Gasteiger partial charge in [0.25, 0.3) is 0 Å². The number of rotatable bonds is 7. The molecule has 1 heterocycles. The second kappa shape index (κ2) is 7.77. The van der Waals surface area contributed by atoms with Gasteiger partial charge < -0.3 is 10.1 Å². The maximum Gasteiger partial charge on any atom is 0.0503 e. The quantitative estimate of drug-likeness (QED) is 0.828. The van der Waals surface area contributed by atoms with Gasteiger partial charge in [0.2, 0.25) is 0 Å². The Kier molecular flexibility index (Phi) is 6.02. The normalized spacial score (nSPS) is 19.9. The van der Waals surface area contributed by atoms with E-state index in [1.807, 2.05) is 0 Å². The minimum absolute atomic E-state index is 0.539. The number of benzene rings is 1. The number of nitrogens with zero attached hydrogens (tertiary/aromatic N) is 1. The Balaban J connectivity index is 1.79. The summed E-state index contributed by atoms with van der Waals surface area (Å²) in [6, 6.07) is 9.56. The van der Waals surface area contributed by atoms with Crippen molar-refractivity contribution >= 4 is 0 Å². The molecule has 1 aliphatic heterocycles. The van der Waals surface area contributed by atoms with Gasteiger partial charge >= 0.3 is 0 Å². The highest BCUT2D eigenvalue weighted by atomic mass is 16.5. The van der Waals surface area contributed by atoms with Crippen LogP contribution in [0.15, 0.2) is 24.3 Å². The maximum absolute atomic E-state index is 5.25. The van der Waals surface area contributed by atoms with Crippen molar-refractivity contribution in [2.24, 2.45) is 5.92 Å². The lowest BCUT2D eigenvalue weighted by Crippen LogP contribution is -2.22. The summed E-state index contributed by atoms with van der Waals surface area (Å²) in [4.78, 5) is 2.53. The maximum atomic E-state index is 5.25. The van der Waals surface area contributed by atoms with E-state index in [1.54, 1.807) is 7.11 Å². The number of hydrogen-bond donors (Lipinski definition) is 1. The van der Waals surface area contributed by atoms with Crippen molar-refractivity contribution in [1.82, 2.24) is 10.2 Å². The molecule has 1 saturated heterocycles. The fraction of sp³-hybridized carbons (Fsp3) is 0.647. The Bertz CT molecular complexity index is 388. The average molecular weight is 276 g/mol. The van der Waals surface area contributed by atoms with Crippen molar-refractivity contribution in [2.45, 2.75) is 39.4 Å². The molecule has 0 saturated carbocycles. The van der Waals surface area contributed by atoms with Gasteiger partial charge in [0.1, 0.15) is 0 Å². The summed E-state index contributed by atoms with van der Waals surface area (Å²) >= 11 is 0. The van der Waals surface area contributed by atoms with Gasteiger partial charge in [-0.3, -0.25) is 4.90 Å². The first-order valence-corrected chi connectivity index (χ1v) is 7.70. The second-order valence-corrected chi connectivity index (χ2v) is 6.20. The Morgan fingerprint density at radius 2 is 1.95 bits per heavy atom. The predicted molar refractivity (Wildman–Crippen MR) is 83.7 cm³/mol. The topological polar surface area (TPSA) is 24.5 Å². The van der Waals surface area contributed by atoms with E-state index in [-0.39, 0.29) is 0 Å². The van der Waals surface area contributed by atoms with E-state index in [1.165, 1.54) is 30.6 Å². The van der Waals surface area contributed by atoms with Crippen molar-refractivity contribution in [2.75, 3.05) is 26.8 Å². The molecule has 0 aromatic heterocycles. The van der Waals surface area contributed by atoms with Crippen molar-refractivity contribution in [1.29, 1.82) is 0 Å². The Labute approximate surface area is 123 Å². The number of ether oxygens (including phenoxy) is 1. The van der Waals surface area contributed by atoms with E-state index in [4.69, 9.17) is 4.74 Å². The standard InChI is InChI=1S/C17H28N2O/c1-14(2)18-10-15-4-6-16(7-5-15)11-19-9-8-17(12-19)13-20-3/h4-7,14,17-18H,8-13H2,1-3H3. The minimum Gasteiger partial charge on any atom is -0.384 e. The smallest absolute Gasteiger partial charge is 0.0503 e. The van der Waals surface area contributed by atoms with Gasteiger partial charge in [0.15, 0.2) is 0 Å². The highest BCUT2D eigenvalue weighted by Gasteiger charge is 2.21. The summed E-state index contributed by atoms with van der Waals surface area (Å²) < 4.78 is 5.25. The number of hydrogen-bond acceptors (Lipinski definition) is 3. The van der Waals surface area contributed by atoms with Crippen molar-refractivity contribution in [3.63, 3.8) is 0 Å². The molecule has 20 heavy (non-hydrogen) atoms. The monoisotopic (exact) mass is 276 g/mol. The second-order valence-electron chi connectivity index (χ2n) is 6.20. The van der Waals surface area contributed by atoms with Crippen molar-refractivity contribution in [3.8, 4) is 0 Å². The van der Waals surface area contributed by atoms with Crippen LogP contribution in [0, 0.1) is 5.92 Å². The van der Waals surface area contributed by atoms with Crippen LogP contribution in [-0.2, 0) is 17.8 Å². The molecule has 0 amide bonds. The Morgan fingerprint density at radius 3 is 2.60 bits per heavy atom. The van der Waals surface area contributed by atoms with Crippen LogP contribution < -0.4 is 5.32 Å². The lowest BCUT2D eigenvalue weighted by atomic mass is 10.1. The Hall–Kier alpha value is -0.900. The van der Waals surface area contributed by atoms with Crippen molar-refractivity contribution in [3.05, 3.63) is 35.4 Å². The van der Waals surface area contributed by atoms with Gasteiger partial charge in [0, 0.05) is 32.8 Å². The zero-order valence-corrected chi connectivity index (χ0v) is 13.1. The number of methoxy groups -OCH3 is 1. The van der Waals surface area contributed by atoms with Gasteiger partial charge in [-0.25, -0.2) is 0 Å². The van der Waals surface area contributed by atoms with E-state index in [0.29, 0.717) is 6.04 Å². The van der Waals surface area contributed by atoms with E-state index in [2.05, 4.69) is 48.3 Å². The van der Waals surface area contributed by atoms with Crippen LogP contribution in [0.2, 0.25) is 0 Å². The van der Waals surface area contributed by atoms with Gasteiger partial charge in [-0.2, -0.15) is 0 Å². The molecule has 112 valence electrons. The van der Waals surface area contributed by atoms with Crippen LogP contribution in [0.1, 0.15) is 31.4 Å². The molecule has 0 bridgehead atoms. The molecule has 1 fully saturated rings. The lowest BCUT2D eigenvalue weighted by Gasteiger charge is -2.16. The molecule has 1 aromatic carbocycles. The molecular formula is C17H28N2O. The first kappa shape index (κ1) is 15.5. The van der Waals surface area contributed by atoms with E-state index < -0.39 is 0 Å². The number of likely N-dealkylation sites (tertiary alicyclic amines) is 1. The lowest BCUT2D eigenvalue weighted by molar-refractivity contribution is 0.152. The summed E-state index contributed by atoms with van der Waals surface area (Å²) in [6.07, 6.45) is 1.27. The number of nitrogens with one attached hydrogen (secondary N) is 1. The van der Waals surface area contributed by atoms with E-state index >= 15 is 0 Å². The summed E-state index contributed by atoms with van der Waals surface area (Å²) in [7, 11) is 1.80. The molecule has 3 heteroatoms. The molecule has 1 unspecified atom stereocenters. The molecular weight excluding hydrogens is 248 g/mol. The molecule has 1 aliphatic rings. The van der Waals surface area contributed by atoms with Gasteiger partial charge in [-0.15, -0.1) is 0 Å². The van der Waals surface area contributed by atoms with E-state index in [9.17, 15) is 0 Å². The van der Waals surface area contributed by atoms with Gasteiger partial charge in [-0.05, 0) is 30.0 Å². The summed E-state index contributed by atoms with van der Waals surface area (Å²) in [5.41, 5.74) is 2.78. The SMILES string of the molecule is COCC1CCN(Cc2ccc(CNC(C)C)cc2)C1. The molecule has 3 nitrogen and oxygen atoms in total. The molecule has 0 radical (unpaired) electrons. The minimum atomic E-state index is 0.539. The van der Waals surface area contributed by atoms with Crippen LogP contribution in [-0.4, -0.2) is 37.7 Å². The summed E-state index contributed by atoms with van der Waals surface area (Å²) in [5, 5.41) is 3.45. The zero-order valence-electron chi connectivity index (χ0n) is 13.1. The fourth-order valence-electron chi connectivity index (χ4n) is 2.77. The molecule has 1 atom stereocenters. The van der Waals surface area contributed by atoms with Crippen molar-refractivity contribution < 1.29 is 4.74 Å². The Morgan fingerprint density at radius 1 is 1.25 bits per heavy atom.